The molecule has 0 saturated carbocycles. The van der Waals surface area contributed by atoms with Gasteiger partial charge in [0, 0.05) is 24.8 Å². The Labute approximate surface area is 132 Å². The quantitative estimate of drug-likeness (QED) is 0.820. The summed E-state index contributed by atoms with van der Waals surface area (Å²) in [6.45, 7) is 3.99. The smallest absolute Gasteiger partial charge is 0.137 e. The minimum atomic E-state index is -0.223. The summed E-state index contributed by atoms with van der Waals surface area (Å²) >= 11 is 3.26. The van der Waals surface area contributed by atoms with Crippen LogP contribution in [0.5, 0.6) is 0 Å². The van der Waals surface area contributed by atoms with Crippen LogP contribution >= 0.6 is 15.9 Å². The number of hydrogen-bond acceptors (Lipinski definition) is 2. The van der Waals surface area contributed by atoms with Crippen LogP contribution in [-0.4, -0.2) is 11.4 Å². The van der Waals surface area contributed by atoms with E-state index >= 15 is 0 Å². The maximum absolute atomic E-state index is 13.4. The number of benzene rings is 2. The number of halogens is 2. The van der Waals surface area contributed by atoms with E-state index in [4.69, 9.17) is 5.73 Å². The van der Waals surface area contributed by atoms with Gasteiger partial charge in [-0.1, -0.05) is 18.2 Å². The van der Waals surface area contributed by atoms with E-state index in [0.29, 0.717) is 4.47 Å². The van der Waals surface area contributed by atoms with E-state index in [1.54, 1.807) is 0 Å². The molecule has 2 aromatic rings. The van der Waals surface area contributed by atoms with Crippen molar-refractivity contribution in [2.24, 2.45) is 0 Å². The van der Waals surface area contributed by atoms with Gasteiger partial charge in [-0.05, 0) is 64.2 Å². The van der Waals surface area contributed by atoms with Gasteiger partial charge in [-0.2, -0.15) is 0 Å². The third-order valence-corrected chi connectivity index (χ3v) is 4.92. The standard InChI is InChI=1S/C17H18BrFN2/c1-11(13-5-6-16(19)15(18)9-13)21-8-7-12-3-2-4-17(20)14(12)10-21/h2-6,9,11H,7-8,10,20H2,1H3. The molecule has 0 saturated heterocycles. The summed E-state index contributed by atoms with van der Waals surface area (Å²) in [5.41, 5.74) is 10.7. The van der Waals surface area contributed by atoms with E-state index in [9.17, 15) is 4.39 Å². The summed E-state index contributed by atoms with van der Waals surface area (Å²) in [5.74, 6) is -0.223. The first-order valence-electron chi connectivity index (χ1n) is 7.11. The molecule has 1 heterocycles. The van der Waals surface area contributed by atoms with E-state index in [2.05, 4.69) is 33.8 Å². The minimum Gasteiger partial charge on any atom is -0.398 e. The molecule has 4 heteroatoms. The Morgan fingerprint density at radius 1 is 1.29 bits per heavy atom. The third-order valence-electron chi connectivity index (χ3n) is 4.31. The van der Waals surface area contributed by atoms with E-state index < -0.39 is 0 Å². The Kier molecular flexibility index (Phi) is 4.00. The fraction of sp³-hybridized carbons (Fsp3) is 0.294. The molecular formula is C17H18BrFN2. The van der Waals surface area contributed by atoms with Crippen molar-refractivity contribution < 1.29 is 4.39 Å². The zero-order valence-electron chi connectivity index (χ0n) is 11.9. The van der Waals surface area contributed by atoms with Gasteiger partial charge in [-0.25, -0.2) is 4.39 Å². The molecule has 0 bridgehead atoms. The van der Waals surface area contributed by atoms with Gasteiger partial charge in [-0.15, -0.1) is 0 Å². The Bertz CT molecular complexity index is 672. The molecule has 1 unspecified atom stereocenters. The maximum Gasteiger partial charge on any atom is 0.137 e. The van der Waals surface area contributed by atoms with Crippen LogP contribution in [0.4, 0.5) is 10.1 Å². The van der Waals surface area contributed by atoms with Gasteiger partial charge in [0.25, 0.3) is 0 Å². The molecule has 2 nitrogen and oxygen atoms in total. The topological polar surface area (TPSA) is 29.3 Å². The molecule has 0 spiro atoms. The van der Waals surface area contributed by atoms with Crippen molar-refractivity contribution in [2.45, 2.75) is 25.9 Å². The van der Waals surface area contributed by atoms with Crippen molar-refractivity contribution in [1.29, 1.82) is 0 Å². The first kappa shape index (κ1) is 14.5. The zero-order valence-corrected chi connectivity index (χ0v) is 13.5. The Morgan fingerprint density at radius 3 is 2.86 bits per heavy atom. The molecule has 0 fully saturated rings. The summed E-state index contributed by atoms with van der Waals surface area (Å²) in [5, 5.41) is 0. The number of rotatable bonds is 2. The number of nitrogens with zero attached hydrogens (tertiary/aromatic N) is 1. The van der Waals surface area contributed by atoms with E-state index in [1.807, 2.05) is 24.3 Å². The van der Waals surface area contributed by atoms with Gasteiger partial charge in [0.05, 0.1) is 4.47 Å². The summed E-state index contributed by atoms with van der Waals surface area (Å²) < 4.78 is 13.9. The van der Waals surface area contributed by atoms with Crippen molar-refractivity contribution in [3.05, 3.63) is 63.4 Å². The zero-order chi connectivity index (χ0) is 15.0. The van der Waals surface area contributed by atoms with Gasteiger partial charge in [-0.3, -0.25) is 4.90 Å². The lowest BCUT2D eigenvalue weighted by molar-refractivity contribution is 0.192. The summed E-state index contributed by atoms with van der Waals surface area (Å²) in [7, 11) is 0. The molecule has 2 aromatic carbocycles. The number of hydrogen-bond donors (Lipinski definition) is 1. The highest BCUT2D eigenvalue weighted by Gasteiger charge is 2.23. The van der Waals surface area contributed by atoms with Crippen LogP contribution < -0.4 is 5.73 Å². The molecule has 0 radical (unpaired) electrons. The van der Waals surface area contributed by atoms with Crippen LogP contribution in [0.1, 0.15) is 29.7 Å². The largest absolute Gasteiger partial charge is 0.398 e. The van der Waals surface area contributed by atoms with Crippen LogP contribution in [0.2, 0.25) is 0 Å². The lowest BCUT2D eigenvalue weighted by Crippen LogP contribution is -2.33. The second-order valence-corrected chi connectivity index (χ2v) is 6.41. The predicted octanol–water partition coefficient (Wildman–Crippen LogP) is 4.29. The van der Waals surface area contributed by atoms with Gasteiger partial charge >= 0.3 is 0 Å². The molecule has 2 N–H and O–H groups in total. The van der Waals surface area contributed by atoms with Gasteiger partial charge in [0.2, 0.25) is 0 Å². The molecule has 1 aliphatic rings. The second kappa shape index (κ2) is 5.78. The highest BCUT2D eigenvalue weighted by Crippen LogP contribution is 2.31. The highest BCUT2D eigenvalue weighted by atomic mass is 79.9. The monoisotopic (exact) mass is 348 g/mol. The SMILES string of the molecule is CC(c1ccc(F)c(Br)c1)N1CCc2cccc(N)c2C1. The number of nitrogen functional groups attached to an aromatic ring is 1. The average molecular weight is 349 g/mol. The highest BCUT2D eigenvalue weighted by molar-refractivity contribution is 9.10. The Hall–Kier alpha value is -1.39. The van der Waals surface area contributed by atoms with Crippen LogP contribution in [0.15, 0.2) is 40.9 Å². The summed E-state index contributed by atoms with van der Waals surface area (Å²) in [6.07, 6.45) is 1.01. The fourth-order valence-corrected chi connectivity index (χ4v) is 3.34. The summed E-state index contributed by atoms with van der Waals surface area (Å²) in [6, 6.07) is 11.6. The van der Waals surface area contributed by atoms with Crippen LogP contribution in [0.3, 0.4) is 0 Å². The van der Waals surface area contributed by atoms with Crippen molar-refractivity contribution in [1.82, 2.24) is 4.90 Å². The first-order valence-corrected chi connectivity index (χ1v) is 7.91. The van der Waals surface area contributed by atoms with Gasteiger partial charge < -0.3 is 5.73 Å². The molecule has 0 amide bonds. The molecule has 0 aliphatic carbocycles. The van der Waals surface area contributed by atoms with Crippen molar-refractivity contribution in [2.75, 3.05) is 12.3 Å². The van der Waals surface area contributed by atoms with Crippen molar-refractivity contribution >= 4 is 21.6 Å². The van der Waals surface area contributed by atoms with Crippen molar-refractivity contribution in [3.8, 4) is 0 Å². The molecule has 110 valence electrons. The van der Waals surface area contributed by atoms with Crippen LogP contribution in [0, 0.1) is 5.82 Å². The fourth-order valence-electron chi connectivity index (χ4n) is 2.94. The number of fused-ring (bicyclic) bond motifs is 1. The predicted molar refractivity (Wildman–Crippen MR) is 87.5 cm³/mol. The molecule has 1 atom stereocenters. The van der Waals surface area contributed by atoms with Gasteiger partial charge in [0.1, 0.15) is 5.82 Å². The Balaban J connectivity index is 1.85. The molecule has 0 aromatic heterocycles. The average Bonchev–Trinajstić information content (AvgIpc) is 2.49. The molecule has 1 aliphatic heterocycles. The lowest BCUT2D eigenvalue weighted by Gasteiger charge is -2.34. The van der Waals surface area contributed by atoms with Gasteiger partial charge in [0.15, 0.2) is 0 Å². The first-order chi connectivity index (χ1) is 10.1. The maximum atomic E-state index is 13.4. The number of anilines is 1. The van der Waals surface area contributed by atoms with Crippen LogP contribution in [-0.2, 0) is 13.0 Å². The second-order valence-electron chi connectivity index (χ2n) is 5.55. The summed E-state index contributed by atoms with van der Waals surface area (Å²) in [4.78, 5) is 2.39. The molecular weight excluding hydrogens is 331 g/mol. The van der Waals surface area contributed by atoms with E-state index in [1.165, 1.54) is 17.2 Å². The molecule has 21 heavy (non-hydrogen) atoms. The normalized spacial score (nSPS) is 16.5. The van der Waals surface area contributed by atoms with E-state index in [-0.39, 0.29) is 11.9 Å². The van der Waals surface area contributed by atoms with Crippen LogP contribution in [0.25, 0.3) is 0 Å². The molecule has 3 rings (SSSR count). The minimum absolute atomic E-state index is 0.223. The lowest BCUT2D eigenvalue weighted by atomic mass is 9.95. The Morgan fingerprint density at radius 2 is 2.10 bits per heavy atom. The number of nitrogens with two attached hydrogens (primary N) is 1. The third kappa shape index (κ3) is 2.83. The van der Waals surface area contributed by atoms with E-state index in [0.717, 1.165) is 30.8 Å². The van der Waals surface area contributed by atoms with Crippen molar-refractivity contribution in [3.63, 3.8) is 0 Å².